The van der Waals surface area contributed by atoms with Crippen molar-refractivity contribution in [2.75, 3.05) is 0 Å². The molecule has 1 saturated heterocycles. The summed E-state index contributed by atoms with van der Waals surface area (Å²) in [5, 5.41) is 13.2. The fourth-order valence-corrected chi connectivity index (χ4v) is 2.04. The second kappa shape index (κ2) is 3.54. The van der Waals surface area contributed by atoms with Crippen LogP contribution in [0.25, 0.3) is 0 Å². The highest BCUT2D eigenvalue weighted by atomic mass is 19.1. The average Bonchev–Trinajstić information content (AvgIpc) is 2.13. The zero-order valence-electron chi connectivity index (χ0n) is 8.87. The summed E-state index contributed by atoms with van der Waals surface area (Å²) in [7, 11) is 0. The van der Waals surface area contributed by atoms with Gasteiger partial charge in [-0.3, -0.25) is 4.98 Å². The second-order valence-electron chi connectivity index (χ2n) is 4.72. The highest BCUT2D eigenvalue weighted by Crippen LogP contribution is 2.31. The van der Waals surface area contributed by atoms with E-state index in [4.69, 9.17) is 0 Å². The summed E-state index contributed by atoms with van der Waals surface area (Å²) >= 11 is 0. The Balaban J connectivity index is 2.06. The van der Waals surface area contributed by atoms with Crippen LogP contribution in [0, 0.1) is 5.82 Å². The number of aromatic nitrogens is 1. The highest BCUT2D eigenvalue weighted by Gasteiger charge is 2.39. The fourth-order valence-electron chi connectivity index (χ4n) is 2.04. The van der Waals surface area contributed by atoms with E-state index in [0.29, 0.717) is 5.56 Å². The lowest BCUT2D eigenvalue weighted by Gasteiger charge is -2.46. The molecule has 0 bridgehead atoms. The zero-order valence-corrected chi connectivity index (χ0v) is 8.87. The Hall–Kier alpha value is -1.00. The molecule has 0 amide bonds. The predicted octanol–water partition coefficient (Wildman–Crippen LogP) is 1.39. The maximum atomic E-state index is 12.9. The van der Waals surface area contributed by atoms with Crippen molar-refractivity contribution in [1.82, 2.24) is 10.3 Å². The molecule has 1 aromatic heterocycles. The molecule has 1 aliphatic rings. The van der Waals surface area contributed by atoms with Crippen LogP contribution in [-0.4, -0.2) is 21.7 Å². The summed E-state index contributed by atoms with van der Waals surface area (Å²) in [6.07, 6.45) is 2.83. The molecule has 4 heteroatoms. The molecule has 2 rings (SSSR count). The number of halogens is 1. The van der Waals surface area contributed by atoms with Crippen molar-refractivity contribution in [1.29, 1.82) is 0 Å². The van der Waals surface area contributed by atoms with E-state index in [1.807, 2.05) is 0 Å². The number of hydrogen-bond acceptors (Lipinski definition) is 3. The van der Waals surface area contributed by atoms with Gasteiger partial charge in [-0.1, -0.05) is 0 Å². The monoisotopic (exact) mass is 210 g/mol. The lowest BCUT2D eigenvalue weighted by Crippen LogP contribution is -2.61. The number of aliphatic hydroxyl groups excluding tert-OH is 1. The van der Waals surface area contributed by atoms with Gasteiger partial charge >= 0.3 is 0 Å². The van der Waals surface area contributed by atoms with Crippen LogP contribution in [0.1, 0.15) is 31.9 Å². The Morgan fingerprint density at radius 2 is 2.27 bits per heavy atom. The minimum absolute atomic E-state index is 0.00333. The van der Waals surface area contributed by atoms with Crippen molar-refractivity contribution < 1.29 is 9.50 Å². The van der Waals surface area contributed by atoms with Gasteiger partial charge in [-0.25, -0.2) is 4.39 Å². The number of nitrogens with one attached hydrogen (secondary N) is 1. The quantitative estimate of drug-likeness (QED) is 0.775. The molecule has 2 N–H and O–H groups in total. The molecule has 15 heavy (non-hydrogen) atoms. The van der Waals surface area contributed by atoms with Crippen LogP contribution < -0.4 is 5.32 Å². The SMILES string of the molecule is CC1(C)CC([C@H](O)c2cncc(F)c2)N1. The molecule has 2 heterocycles. The van der Waals surface area contributed by atoms with Crippen molar-refractivity contribution >= 4 is 0 Å². The molecule has 1 unspecified atom stereocenters. The van der Waals surface area contributed by atoms with Gasteiger partial charge in [0.2, 0.25) is 0 Å². The van der Waals surface area contributed by atoms with Gasteiger partial charge in [-0.2, -0.15) is 0 Å². The molecule has 0 radical (unpaired) electrons. The van der Waals surface area contributed by atoms with Crippen LogP contribution in [-0.2, 0) is 0 Å². The van der Waals surface area contributed by atoms with Crippen molar-refractivity contribution in [2.24, 2.45) is 0 Å². The summed E-state index contributed by atoms with van der Waals surface area (Å²) in [4.78, 5) is 3.72. The van der Waals surface area contributed by atoms with Crippen molar-refractivity contribution in [3.63, 3.8) is 0 Å². The second-order valence-corrected chi connectivity index (χ2v) is 4.72. The van der Waals surface area contributed by atoms with E-state index in [1.54, 1.807) is 0 Å². The topological polar surface area (TPSA) is 45.2 Å². The van der Waals surface area contributed by atoms with E-state index in [0.717, 1.165) is 12.6 Å². The first-order valence-corrected chi connectivity index (χ1v) is 5.04. The van der Waals surface area contributed by atoms with E-state index in [9.17, 15) is 9.50 Å². The minimum Gasteiger partial charge on any atom is -0.387 e. The van der Waals surface area contributed by atoms with E-state index in [2.05, 4.69) is 24.1 Å². The summed E-state index contributed by atoms with van der Waals surface area (Å²) in [6, 6.07) is 1.33. The van der Waals surface area contributed by atoms with Gasteiger partial charge in [-0.05, 0) is 26.3 Å². The van der Waals surface area contributed by atoms with Gasteiger partial charge in [0.1, 0.15) is 5.82 Å². The fraction of sp³-hybridized carbons (Fsp3) is 0.545. The maximum absolute atomic E-state index is 12.9. The number of nitrogens with zero attached hydrogens (tertiary/aromatic N) is 1. The van der Waals surface area contributed by atoms with E-state index in [-0.39, 0.29) is 11.6 Å². The Labute approximate surface area is 88.3 Å². The largest absolute Gasteiger partial charge is 0.387 e. The summed E-state index contributed by atoms with van der Waals surface area (Å²) in [5.74, 6) is -0.412. The standard InChI is InChI=1S/C11H15FN2O/c1-11(2)4-9(14-11)10(15)7-3-8(12)6-13-5-7/h3,5-6,9-10,14-15H,4H2,1-2H3/t9?,10-/m1/s1. The third-order valence-corrected chi connectivity index (χ3v) is 2.76. The predicted molar refractivity (Wildman–Crippen MR) is 54.8 cm³/mol. The smallest absolute Gasteiger partial charge is 0.141 e. The van der Waals surface area contributed by atoms with Crippen molar-refractivity contribution in [3.8, 4) is 0 Å². The van der Waals surface area contributed by atoms with Gasteiger partial charge in [0.25, 0.3) is 0 Å². The minimum atomic E-state index is -0.679. The van der Waals surface area contributed by atoms with Crippen LogP contribution in [0.15, 0.2) is 18.5 Å². The molecular formula is C11H15FN2O. The molecule has 1 aliphatic heterocycles. The van der Waals surface area contributed by atoms with Crippen molar-refractivity contribution in [3.05, 3.63) is 29.8 Å². The molecule has 1 aromatic rings. The van der Waals surface area contributed by atoms with Crippen LogP contribution in [0.3, 0.4) is 0 Å². The average molecular weight is 210 g/mol. The van der Waals surface area contributed by atoms with Gasteiger partial charge in [0.15, 0.2) is 0 Å². The third kappa shape index (κ3) is 2.16. The Morgan fingerprint density at radius 1 is 1.60 bits per heavy atom. The van der Waals surface area contributed by atoms with Gasteiger partial charge < -0.3 is 10.4 Å². The number of rotatable bonds is 2. The Morgan fingerprint density at radius 3 is 2.80 bits per heavy atom. The first kappa shape index (κ1) is 10.5. The third-order valence-electron chi connectivity index (χ3n) is 2.76. The van der Waals surface area contributed by atoms with E-state index in [1.165, 1.54) is 12.3 Å². The Kier molecular flexibility index (Phi) is 2.48. The number of aliphatic hydroxyl groups is 1. The molecule has 2 atom stereocenters. The molecule has 1 fully saturated rings. The highest BCUT2D eigenvalue weighted by molar-refractivity contribution is 5.17. The van der Waals surface area contributed by atoms with Crippen LogP contribution in [0.2, 0.25) is 0 Å². The van der Waals surface area contributed by atoms with E-state index >= 15 is 0 Å². The van der Waals surface area contributed by atoms with E-state index < -0.39 is 11.9 Å². The molecule has 3 nitrogen and oxygen atoms in total. The van der Waals surface area contributed by atoms with Crippen LogP contribution in [0.5, 0.6) is 0 Å². The molecule has 0 aromatic carbocycles. The summed E-state index contributed by atoms with van der Waals surface area (Å²) in [6.45, 7) is 4.14. The van der Waals surface area contributed by atoms with Gasteiger partial charge in [0, 0.05) is 23.3 Å². The summed E-state index contributed by atoms with van der Waals surface area (Å²) < 4.78 is 12.9. The lowest BCUT2D eigenvalue weighted by atomic mass is 9.81. The van der Waals surface area contributed by atoms with Gasteiger partial charge in [0.05, 0.1) is 12.3 Å². The van der Waals surface area contributed by atoms with Crippen molar-refractivity contribution in [2.45, 2.75) is 38.0 Å². The lowest BCUT2D eigenvalue weighted by molar-refractivity contribution is 0.0386. The maximum Gasteiger partial charge on any atom is 0.141 e. The molecule has 0 spiro atoms. The molecular weight excluding hydrogens is 195 g/mol. The first-order chi connectivity index (χ1) is 6.98. The Bertz CT molecular complexity index is 359. The number of pyridine rings is 1. The zero-order chi connectivity index (χ0) is 11.1. The molecule has 82 valence electrons. The van der Waals surface area contributed by atoms with Gasteiger partial charge in [-0.15, -0.1) is 0 Å². The normalized spacial score (nSPS) is 25.7. The molecule has 0 saturated carbocycles. The van der Waals surface area contributed by atoms with Crippen LogP contribution >= 0.6 is 0 Å². The number of hydrogen-bond donors (Lipinski definition) is 2. The first-order valence-electron chi connectivity index (χ1n) is 5.04. The molecule has 0 aliphatic carbocycles. The van der Waals surface area contributed by atoms with Crippen LogP contribution in [0.4, 0.5) is 4.39 Å². The summed E-state index contributed by atoms with van der Waals surface area (Å²) in [5.41, 5.74) is 0.606.